The third kappa shape index (κ3) is 3.40. The largest absolute Gasteiger partial charge is 0.482 e. The lowest BCUT2D eigenvalue weighted by atomic mass is 10.2. The molecule has 0 aliphatic carbocycles. The molecule has 0 aliphatic heterocycles. The number of hydrogen-bond donors (Lipinski definition) is 1. The fraction of sp³-hybridized carbons (Fsp3) is 0.154. The van der Waals surface area contributed by atoms with Crippen LogP contribution in [0.15, 0.2) is 33.2 Å². The Bertz CT molecular complexity index is 709. The average molecular weight is 356 g/mol. The van der Waals surface area contributed by atoms with Crippen molar-refractivity contribution < 1.29 is 24.0 Å². The number of hydrogen-bond acceptors (Lipinski definition) is 5. The number of halogens is 1. The maximum absolute atomic E-state index is 11.0. The van der Waals surface area contributed by atoms with Gasteiger partial charge in [-0.2, -0.15) is 0 Å². The number of aryl methyl sites for hydroxylation is 1. The molecule has 8 heteroatoms. The minimum atomic E-state index is -1.18. The van der Waals surface area contributed by atoms with E-state index in [-0.39, 0.29) is 23.8 Å². The van der Waals surface area contributed by atoms with Gasteiger partial charge in [0.2, 0.25) is 5.76 Å². The van der Waals surface area contributed by atoms with Gasteiger partial charge in [-0.15, -0.1) is 0 Å². The van der Waals surface area contributed by atoms with Crippen LogP contribution in [0, 0.1) is 17.0 Å². The van der Waals surface area contributed by atoms with Crippen LogP contribution in [0.5, 0.6) is 5.75 Å². The van der Waals surface area contributed by atoms with Crippen LogP contribution in [0.3, 0.4) is 0 Å². The summed E-state index contributed by atoms with van der Waals surface area (Å²) >= 11 is 3.15. The average Bonchev–Trinajstić information content (AvgIpc) is 2.79. The van der Waals surface area contributed by atoms with E-state index in [9.17, 15) is 14.9 Å². The SMILES string of the molecule is Cc1oc(C(=O)O)cc1COc1ccc(Br)cc1[N+](=O)[O-]. The molecule has 0 radical (unpaired) electrons. The number of benzene rings is 1. The zero-order valence-corrected chi connectivity index (χ0v) is 12.4. The van der Waals surface area contributed by atoms with E-state index in [1.54, 1.807) is 13.0 Å². The van der Waals surface area contributed by atoms with Crippen LogP contribution in [0.4, 0.5) is 5.69 Å². The molecule has 21 heavy (non-hydrogen) atoms. The van der Waals surface area contributed by atoms with Gasteiger partial charge >= 0.3 is 11.7 Å². The van der Waals surface area contributed by atoms with Crippen molar-refractivity contribution in [2.45, 2.75) is 13.5 Å². The van der Waals surface area contributed by atoms with E-state index in [1.807, 2.05) is 0 Å². The highest BCUT2D eigenvalue weighted by molar-refractivity contribution is 9.10. The van der Waals surface area contributed by atoms with Crippen molar-refractivity contribution in [1.29, 1.82) is 0 Å². The Morgan fingerprint density at radius 1 is 1.48 bits per heavy atom. The molecular formula is C13H10BrNO6. The first-order chi connectivity index (χ1) is 9.88. The summed E-state index contributed by atoms with van der Waals surface area (Å²) in [6.07, 6.45) is 0. The van der Waals surface area contributed by atoms with Crippen molar-refractivity contribution in [3.63, 3.8) is 0 Å². The lowest BCUT2D eigenvalue weighted by Crippen LogP contribution is -1.99. The van der Waals surface area contributed by atoms with Gasteiger partial charge in [0.1, 0.15) is 12.4 Å². The first-order valence-corrected chi connectivity index (χ1v) is 6.57. The molecule has 110 valence electrons. The molecule has 0 atom stereocenters. The number of nitro benzene ring substituents is 1. The topological polar surface area (TPSA) is 103 Å². The molecule has 0 bridgehead atoms. The zero-order valence-electron chi connectivity index (χ0n) is 10.8. The fourth-order valence-corrected chi connectivity index (χ4v) is 2.03. The molecule has 1 aromatic carbocycles. The van der Waals surface area contributed by atoms with Crippen molar-refractivity contribution in [1.82, 2.24) is 0 Å². The van der Waals surface area contributed by atoms with Crippen LogP contribution in [0.2, 0.25) is 0 Å². The second kappa shape index (κ2) is 5.96. The zero-order chi connectivity index (χ0) is 15.6. The Morgan fingerprint density at radius 2 is 2.19 bits per heavy atom. The van der Waals surface area contributed by atoms with Crippen LogP contribution in [0.25, 0.3) is 0 Å². The van der Waals surface area contributed by atoms with Gasteiger partial charge in [-0.3, -0.25) is 10.1 Å². The number of nitrogens with zero attached hydrogens (tertiary/aromatic N) is 1. The first-order valence-electron chi connectivity index (χ1n) is 5.78. The van der Waals surface area contributed by atoms with E-state index in [0.717, 1.165) is 0 Å². The predicted molar refractivity (Wildman–Crippen MR) is 75.5 cm³/mol. The number of carboxylic acids is 1. The third-order valence-electron chi connectivity index (χ3n) is 2.73. The second-order valence-corrected chi connectivity index (χ2v) is 5.07. The molecule has 1 aromatic heterocycles. The minimum Gasteiger partial charge on any atom is -0.482 e. The Hall–Kier alpha value is -2.35. The van der Waals surface area contributed by atoms with Crippen molar-refractivity contribution >= 4 is 27.6 Å². The van der Waals surface area contributed by atoms with E-state index in [4.69, 9.17) is 14.3 Å². The maximum Gasteiger partial charge on any atom is 0.371 e. The number of furan rings is 1. The first kappa shape index (κ1) is 15.0. The van der Waals surface area contributed by atoms with E-state index in [2.05, 4.69) is 15.9 Å². The molecule has 1 heterocycles. The highest BCUT2D eigenvalue weighted by Gasteiger charge is 2.18. The van der Waals surface area contributed by atoms with Gasteiger partial charge in [-0.05, 0) is 25.1 Å². The summed E-state index contributed by atoms with van der Waals surface area (Å²) in [5, 5.41) is 19.8. The van der Waals surface area contributed by atoms with Crippen LogP contribution in [-0.2, 0) is 6.61 Å². The predicted octanol–water partition coefficient (Wildman–Crippen LogP) is 3.54. The number of ether oxygens (including phenoxy) is 1. The molecule has 0 fully saturated rings. The Kier molecular flexibility index (Phi) is 4.27. The molecular weight excluding hydrogens is 346 g/mol. The van der Waals surface area contributed by atoms with Crippen molar-refractivity contribution in [2.75, 3.05) is 0 Å². The monoisotopic (exact) mass is 355 g/mol. The summed E-state index contributed by atoms with van der Waals surface area (Å²) in [7, 11) is 0. The second-order valence-electron chi connectivity index (χ2n) is 4.16. The molecule has 1 N–H and O–H groups in total. The van der Waals surface area contributed by atoms with Gasteiger partial charge in [0.15, 0.2) is 5.75 Å². The van der Waals surface area contributed by atoms with Crippen molar-refractivity contribution in [3.8, 4) is 5.75 Å². The number of nitro groups is 1. The summed E-state index contributed by atoms with van der Waals surface area (Å²) in [5.41, 5.74) is 0.341. The maximum atomic E-state index is 11.0. The smallest absolute Gasteiger partial charge is 0.371 e. The van der Waals surface area contributed by atoms with E-state index in [1.165, 1.54) is 18.2 Å². The van der Waals surface area contributed by atoms with Gasteiger partial charge in [0.25, 0.3) is 0 Å². The molecule has 2 aromatic rings. The van der Waals surface area contributed by atoms with Gasteiger partial charge in [-0.25, -0.2) is 4.79 Å². The Balaban J connectivity index is 2.20. The normalized spacial score (nSPS) is 10.4. The highest BCUT2D eigenvalue weighted by atomic mass is 79.9. The van der Waals surface area contributed by atoms with Crippen LogP contribution in [0.1, 0.15) is 21.9 Å². The van der Waals surface area contributed by atoms with E-state index >= 15 is 0 Å². The molecule has 2 rings (SSSR count). The number of aromatic carboxylic acids is 1. The quantitative estimate of drug-likeness (QED) is 0.649. The summed E-state index contributed by atoms with van der Waals surface area (Å²) in [6, 6.07) is 5.76. The fourth-order valence-electron chi connectivity index (χ4n) is 1.68. The molecule has 0 aliphatic rings. The standard InChI is InChI=1S/C13H10BrNO6/c1-7-8(4-12(21-7)13(16)17)6-20-11-3-2-9(14)5-10(11)15(18)19/h2-5H,6H2,1H3,(H,16,17). The summed E-state index contributed by atoms with van der Waals surface area (Å²) < 4.78 is 11.0. The van der Waals surface area contributed by atoms with Crippen LogP contribution < -0.4 is 4.74 Å². The van der Waals surface area contributed by atoms with Gasteiger partial charge < -0.3 is 14.3 Å². The van der Waals surface area contributed by atoms with Gasteiger partial charge in [0.05, 0.1) is 4.92 Å². The molecule has 0 saturated carbocycles. The molecule has 0 unspecified atom stereocenters. The third-order valence-corrected chi connectivity index (χ3v) is 3.23. The van der Waals surface area contributed by atoms with Crippen LogP contribution >= 0.6 is 15.9 Å². The summed E-state index contributed by atoms with van der Waals surface area (Å²) in [6.45, 7) is 1.58. The molecule has 0 spiro atoms. The lowest BCUT2D eigenvalue weighted by Gasteiger charge is -2.06. The molecule has 0 saturated heterocycles. The number of rotatable bonds is 5. The summed E-state index contributed by atoms with van der Waals surface area (Å²) in [5.74, 6) is -0.886. The van der Waals surface area contributed by atoms with Gasteiger partial charge in [-0.1, -0.05) is 15.9 Å². The van der Waals surface area contributed by atoms with E-state index < -0.39 is 10.9 Å². The Labute approximate surface area is 127 Å². The van der Waals surface area contributed by atoms with Crippen molar-refractivity contribution in [3.05, 3.63) is 55.9 Å². The minimum absolute atomic E-state index is 0.0227. The molecule has 7 nitrogen and oxygen atoms in total. The Morgan fingerprint density at radius 3 is 2.76 bits per heavy atom. The van der Waals surface area contributed by atoms with Crippen molar-refractivity contribution in [2.24, 2.45) is 0 Å². The molecule has 0 amide bonds. The summed E-state index contributed by atoms with van der Waals surface area (Å²) in [4.78, 5) is 21.2. The highest BCUT2D eigenvalue weighted by Crippen LogP contribution is 2.31. The van der Waals surface area contributed by atoms with Crippen LogP contribution in [-0.4, -0.2) is 16.0 Å². The number of carboxylic acid groups (broad SMARTS) is 1. The van der Waals surface area contributed by atoms with E-state index in [0.29, 0.717) is 15.8 Å². The number of carbonyl (C=O) groups is 1. The lowest BCUT2D eigenvalue weighted by molar-refractivity contribution is -0.386. The van der Waals surface area contributed by atoms with Gasteiger partial charge in [0, 0.05) is 16.1 Å².